The van der Waals surface area contributed by atoms with Crippen molar-refractivity contribution < 1.29 is 0 Å². The molecule has 0 unspecified atom stereocenters. The van der Waals surface area contributed by atoms with Crippen LogP contribution in [0.3, 0.4) is 0 Å². The Labute approximate surface area is 321 Å². The molecule has 2 nitrogen and oxygen atoms in total. The van der Waals surface area contributed by atoms with Crippen LogP contribution in [0.25, 0.3) is 88.4 Å². The third kappa shape index (κ3) is 4.88. The molecule has 0 atom stereocenters. The summed E-state index contributed by atoms with van der Waals surface area (Å²) in [5.74, 6) is 0. The SMILES string of the molecule is CCc1ccccc1-n1c2ccccc2c2cc(-c3ccc4c(c3)-c3cc(-c5ccc6c(c5)c5ccccc5n6-c5ccccc5CC)ccc3C4)ccc21. The van der Waals surface area contributed by atoms with Gasteiger partial charge in [0, 0.05) is 32.9 Å². The van der Waals surface area contributed by atoms with Gasteiger partial charge in [0.1, 0.15) is 0 Å². The van der Waals surface area contributed by atoms with Crippen molar-refractivity contribution in [2.45, 2.75) is 33.1 Å². The van der Waals surface area contributed by atoms with Gasteiger partial charge in [-0.1, -0.05) is 123 Å². The van der Waals surface area contributed by atoms with Crippen LogP contribution in [0.4, 0.5) is 0 Å². The number of nitrogens with zero attached hydrogens (tertiary/aromatic N) is 2. The van der Waals surface area contributed by atoms with Gasteiger partial charge in [-0.15, -0.1) is 0 Å². The van der Waals surface area contributed by atoms with Gasteiger partial charge in [0.2, 0.25) is 0 Å². The Hall–Kier alpha value is -6.64. The third-order valence-corrected chi connectivity index (χ3v) is 12.1. The number of hydrogen-bond donors (Lipinski definition) is 0. The molecule has 0 amide bonds. The quantitative estimate of drug-likeness (QED) is 0.163. The Kier molecular flexibility index (Phi) is 7.22. The number of fused-ring (bicyclic) bond motifs is 9. The molecule has 10 aromatic rings. The maximum atomic E-state index is 2.45. The monoisotopic (exact) mass is 704 g/mol. The maximum absolute atomic E-state index is 2.45. The van der Waals surface area contributed by atoms with Gasteiger partial charge in [-0.25, -0.2) is 0 Å². The van der Waals surface area contributed by atoms with Crippen molar-refractivity contribution in [3.05, 3.63) is 192 Å². The molecule has 0 aliphatic heterocycles. The van der Waals surface area contributed by atoms with Crippen LogP contribution in [0.1, 0.15) is 36.1 Å². The van der Waals surface area contributed by atoms with E-state index in [0.29, 0.717) is 0 Å². The van der Waals surface area contributed by atoms with Crippen LogP contribution < -0.4 is 0 Å². The Morgan fingerprint density at radius 1 is 0.364 bits per heavy atom. The molecule has 0 fully saturated rings. The Balaban J connectivity index is 1.01. The minimum atomic E-state index is 0.970. The predicted molar refractivity (Wildman–Crippen MR) is 233 cm³/mol. The molecule has 0 spiro atoms. The lowest BCUT2D eigenvalue weighted by Crippen LogP contribution is -1.98. The molecule has 2 heteroatoms. The molecule has 1 aliphatic carbocycles. The third-order valence-electron chi connectivity index (χ3n) is 12.1. The van der Waals surface area contributed by atoms with E-state index in [1.165, 1.54) is 111 Å². The largest absolute Gasteiger partial charge is 0.309 e. The molecule has 0 bridgehead atoms. The maximum Gasteiger partial charge on any atom is 0.0541 e. The summed E-state index contributed by atoms with van der Waals surface area (Å²) in [5, 5.41) is 5.15. The Morgan fingerprint density at radius 2 is 0.745 bits per heavy atom. The molecule has 8 aromatic carbocycles. The Morgan fingerprint density at radius 3 is 1.22 bits per heavy atom. The number of aromatic nitrogens is 2. The van der Waals surface area contributed by atoms with Crippen LogP contribution in [-0.4, -0.2) is 9.13 Å². The number of hydrogen-bond acceptors (Lipinski definition) is 0. The van der Waals surface area contributed by atoms with Gasteiger partial charge in [-0.3, -0.25) is 0 Å². The van der Waals surface area contributed by atoms with Crippen LogP contribution in [0.15, 0.2) is 170 Å². The molecule has 0 saturated carbocycles. The number of rotatable bonds is 6. The fourth-order valence-electron chi connectivity index (χ4n) is 9.41. The van der Waals surface area contributed by atoms with Crippen LogP contribution in [0.5, 0.6) is 0 Å². The van der Waals surface area contributed by atoms with E-state index in [4.69, 9.17) is 0 Å². The van der Waals surface area contributed by atoms with E-state index in [1.54, 1.807) is 0 Å². The summed E-state index contributed by atoms with van der Waals surface area (Å²) >= 11 is 0. The standard InChI is InChI=1S/C53H40N2/c1-3-34-13-5-9-17-48(34)54-50-19-11-7-15-42(50)46-32-38(25-27-52(46)54)36-21-23-40-29-41-24-22-37(31-45(41)44(40)30-36)39-26-28-53-47(33-39)43-16-8-12-20-51(43)55(53)49-18-10-6-14-35(49)4-2/h5-28,30-33H,3-4,29H2,1-2H3. The first-order valence-corrected chi connectivity index (χ1v) is 19.7. The molecule has 55 heavy (non-hydrogen) atoms. The fourth-order valence-corrected chi connectivity index (χ4v) is 9.41. The normalized spacial score (nSPS) is 12.3. The first-order chi connectivity index (χ1) is 27.2. The topological polar surface area (TPSA) is 9.86 Å². The van der Waals surface area contributed by atoms with Gasteiger partial charge in [-0.2, -0.15) is 0 Å². The molecule has 0 saturated heterocycles. The summed E-state index contributed by atoms with van der Waals surface area (Å²) in [6.45, 7) is 4.48. The van der Waals surface area contributed by atoms with Gasteiger partial charge in [-0.05, 0) is 136 Å². The summed E-state index contributed by atoms with van der Waals surface area (Å²) in [7, 11) is 0. The van der Waals surface area contributed by atoms with Crippen LogP contribution >= 0.6 is 0 Å². The van der Waals surface area contributed by atoms with E-state index >= 15 is 0 Å². The van der Waals surface area contributed by atoms with E-state index in [9.17, 15) is 0 Å². The summed E-state index contributed by atoms with van der Waals surface area (Å²) in [6.07, 6.45) is 2.96. The lowest BCUT2D eigenvalue weighted by atomic mass is 9.95. The molecule has 11 rings (SSSR count). The second kappa shape index (κ2) is 12.5. The number of aryl methyl sites for hydroxylation is 2. The first kappa shape index (κ1) is 31.8. The van der Waals surface area contributed by atoms with E-state index in [2.05, 4.69) is 193 Å². The highest BCUT2D eigenvalue weighted by Gasteiger charge is 2.22. The van der Waals surface area contributed by atoms with Crippen LogP contribution in [-0.2, 0) is 19.3 Å². The first-order valence-electron chi connectivity index (χ1n) is 19.7. The molecule has 262 valence electrons. The second-order valence-corrected chi connectivity index (χ2v) is 15.1. The number of benzene rings is 8. The van der Waals surface area contributed by atoms with E-state index in [-0.39, 0.29) is 0 Å². The highest BCUT2D eigenvalue weighted by Crippen LogP contribution is 2.43. The predicted octanol–water partition coefficient (Wildman–Crippen LogP) is 13.9. The van der Waals surface area contributed by atoms with Crippen molar-refractivity contribution >= 4 is 43.6 Å². The molecule has 0 N–H and O–H groups in total. The highest BCUT2D eigenvalue weighted by molar-refractivity contribution is 6.12. The average Bonchev–Trinajstić information content (AvgIpc) is 3.90. The zero-order valence-electron chi connectivity index (χ0n) is 31.2. The van der Waals surface area contributed by atoms with Crippen molar-refractivity contribution in [2.24, 2.45) is 0 Å². The fraction of sp³-hybridized carbons (Fsp3) is 0.0943. The zero-order valence-corrected chi connectivity index (χ0v) is 31.2. The minimum Gasteiger partial charge on any atom is -0.309 e. The minimum absolute atomic E-state index is 0.970. The van der Waals surface area contributed by atoms with Gasteiger partial charge in [0.05, 0.1) is 22.1 Å². The molecule has 1 aliphatic rings. The lowest BCUT2D eigenvalue weighted by molar-refractivity contribution is 1.07. The van der Waals surface area contributed by atoms with Crippen LogP contribution in [0, 0.1) is 0 Å². The second-order valence-electron chi connectivity index (χ2n) is 15.1. The Bertz CT molecular complexity index is 2940. The smallest absolute Gasteiger partial charge is 0.0541 e. The lowest BCUT2D eigenvalue weighted by Gasteiger charge is -2.13. The van der Waals surface area contributed by atoms with Crippen molar-refractivity contribution in [3.63, 3.8) is 0 Å². The van der Waals surface area contributed by atoms with Gasteiger partial charge < -0.3 is 9.13 Å². The molecule has 0 radical (unpaired) electrons. The molecular formula is C53H40N2. The van der Waals surface area contributed by atoms with Crippen molar-refractivity contribution in [1.82, 2.24) is 9.13 Å². The molecule has 2 aromatic heterocycles. The molecule has 2 heterocycles. The van der Waals surface area contributed by atoms with Gasteiger partial charge in [0.15, 0.2) is 0 Å². The average molecular weight is 705 g/mol. The van der Waals surface area contributed by atoms with E-state index in [0.717, 1.165) is 19.3 Å². The summed E-state index contributed by atoms with van der Waals surface area (Å²) in [4.78, 5) is 0. The zero-order chi connectivity index (χ0) is 36.6. The van der Waals surface area contributed by atoms with E-state index in [1.807, 2.05) is 0 Å². The van der Waals surface area contributed by atoms with Crippen LogP contribution in [0.2, 0.25) is 0 Å². The van der Waals surface area contributed by atoms with Crippen molar-refractivity contribution in [2.75, 3.05) is 0 Å². The van der Waals surface area contributed by atoms with E-state index < -0.39 is 0 Å². The van der Waals surface area contributed by atoms with Crippen molar-refractivity contribution in [1.29, 1.82) is 0 Å². The highest BCUT2D eigenvalue weighted by atomic mass is 15.0. The molecular weight excluding hydrogens is 665 g/mol. The summed E-state index contributed by atoms with van der Waals surface area (Å²) in [6, 6.07) is 63.6. The van der Waals surface area contributed by atoms with Gasteiger partial charge in [0.25, 0.3) is 0 Å². The summed E-state index contributed by atoms with van der Waals surface area (Å²) in [5.41, 5.74) is 20.7. The number of para-hydroxylation sites is 4. The van der Waals surface area contributed by atoms with Crippen molar-refractivity contribution in [3.8, 4) is 44.8 Å². The summed E-state index contributed by atoms with van der Waals surface area (Å²) < 4.78 is 4.90. The van der Waals surface area contributed by atoms with Gasteiger partial charge >= 0.3 is 0 Å².